The minimum Gasteiger partial charge on any atom is -0.393 e. The Labute approximate surface area is 196 Å². The van der Waals surface area contributed by atoms with Crippen LogP contribution in [-0.2, 0) is 0 Å². The summed E-state index contributed by atoms with van der Waals surface area (Å²) >= 11 is 0. The minimum atomic E-state index is -0.978. The van der Waals surface area contributed by atoms with Crippen LogP contribution in [-0.4, -0.2) is 38.8 Å². The van der Waals surface area contributed by atoms with E-state index >= 15 is 0 Å². The molecule has 6 rings (SSSR count). The van der Waals surface area contributed by atoms with Crippen molar-refractivity contribution in [2.24, 2.45) is 39.5 Å². The van der Waals surface area contributed by atoms with Crippen molar-refractivity contribution in [3.63, 3.8) is 0 Å². The lowest BCUT2D eigenvalue weighted by Gasteiger charge is -2.63. The number of aliphatic imine (C=N–C) groups is 1. The number of fused-ring (bicyclic) bond motifs is 6. The lowest BCUT2D eigenvalue weighted by molar-refractivity contribution is -0.136. The third kappa shape index (κ3) is 2.88. The highest BCUT2D eigenvalue weighted by atomic mass is 19.1. The maximum atomic E-state index is 13.3. The smallest absolute Gasteiger partial charge is 0.123 e. The van der Waals surface area contributed by atoms with Crippen molar-refractivity contribution in [2.75, 3.05) is 0 Å². The molecule has 4 aliphatic carbocycles. The number of halogens is 1. The van der Waals surface area contributed by atoms with Crippen LogP contribution < -0.4 is 0 Å². The van der Waals surface area contributed by atoms with Gasteiger partial charge in [0.2, 0.25) is 0 Å². The summed E-state index contributed by atoms with van der Waals surface area (Å²) in [5, 5.41) is 32.6. The molecule has 180 valence electrons. The number of hydrogen-bond acceptors (Lipinski definition) is 4. The standard InChI is InChI=1S/C28H38FNO3/c1-26-12-9-19(31)15-17(26)5-8-20-21(26)10-13-27(2)22(20)11-14-28(27)25(33)23(30-28)24(32)16-3-6-18(29)7-4-16/h3-4,6-7,17,19-22,24-25,31-33H,5,8-15H2,1-2H3/t17-,19-,20+,21-,22-,24-,25+,26-,27-,28-/m0/s1. The lowest BCUT2D eigenvalue weighted by Crippen LogP contribution is -2.65. The molecule has 33 heavy (non-hydrogen) atoms. The molecule has 1 heterocycles. The lowest BCUT2D eigenvalue weighted by atomic mass is 9.43. The zero-order valence-electron chi connectivity index (χ0n) is 19.9. The molecule has 4 fully saturated rings. The highest BCUT2D eigenvalue weighted by Gasteiger charge is 2.70. The fourth-order valence-electron chi connectivity index (χ4n) is 9.48. The highest BCUT2D eigenvalue weighted by molar-refractivity contribution is 5.99. The van der Waals surface area contributed by atoms with E-state index in [9.17, 15) is 19.7 Å². The molecule has 1 aromatic carbocycles. The third-order valence-electron chi connectivity index (χ3n) is 11.4. The van der Waals surface area contributed by atoms with Gasteiger partial charge in [0.25, 0.3) is 0 Å². The Bertz CT molecular complexity index is 964. The molecule has 0 bridgehead atoms. The second kappa shape index (κ2) is 7.35. The van der Waals surface area contributed by atoms with Gasteiger partial charge in [0.1, 0.15) is 18.0 Å². The van der Waals surface area contributed by atoms with Crippen molar-refractivity contribution in [1.29, 1.82) is 0 Å². The Morgan fingerprint density at radius 3 is 2.39 bits per heavy atom. The molecule has 1 spiro atoms. The second-order valence-corrected chi connectivity index (χ2v) is 12.4. The van der Waals surface area contributed by atoms with Crippen LogP contribution in [0.4, 0.5) is 4.39 Å². The third-order valence-corrected chi connectivity index (χ3v) is 11.4. The van der Waals surface area contributed by atoms with Crippen molar-refractivity contribution >= 4 is 5.71 Å². The first-order valence-corrected chi connectivity index (χ1v) is 13.1. The molecule has 10 atom stereocenters. The molecule has 5 aliphatic rings. The summed E-state index contributed by atoms with van der Waals surface area (Å²) in [4.78, 5) is 5.02. The molecule has 0 amide bonds. The summed E-state index contributed by atoms with van der Waals surface area (Å²) in [5.41, 5.74) is 0.835. The Morgan fingerprint density at radius 1 is 0.939 bits per heavy atom. The first-order valence-electron chi connectivity index (χ1n) is 13.1. The molecule has 0 unspecified atom stereocenters. The number of hydrogen-bond donors (Lipinski definition) is 3. The quantitative estimate of drug-likeness (QED) is 0.599. The van der Waals surface area contributed by atoms with E-state index in [1.165, 1.54) is 31.4 Å². The van der Waals surface area contributed by atoms with Crippen molar-refractivity contribution in [3.05, 3.63) is 35.6 Å². The van der Waals surface area contributed by atoms with Crippen molar-refractivity contribution in [1.82, 2.24) is 0 Å². The van der Waals surface area contributed by atoms with Crippen LogP contribution in [0.15, 0.2) is 29.3 Å². The van der Waals surface area contributed by atoms with Crippen molar-refractivity contribution < 1.29 is 19.7 Å². The molecule has 4 nitrogen and oxygen atoms in total. The minimum absolute atomic E-state index is 0.0447. The van der Waals surface area contributed by atoms with Gasteiger partial charge in [-0.15, -0.1) is 0 Å². The van der Waals surface area contributed by atoms with Crippen LogP contribution in [0.2, 0.25) is 0 Å². The zero-order chi connectivity index (χ0) is 23.2. The molecule has 0 aromatic heterocycles. The SMILES string of the molecule is C[C@]12CC[C@H](O)C[C@@H]1CC[C@@H]1[C@@H]2CC[C@@]2(C)[C@H]1CC[C@@]21N=C([C@@H](O)c2ccc(F)cc2)[C@H]1O. The summed E-state index contributed by atoms with van der Waals surface area (Å²) < 4.78 is 13.3. The Kier molecular flexibility index (Phi) is 4.94. The highest BCUT2D eigenvalue weighted by Crippen LogP contribution is 2.70. The van der Waals surface area contributed by atoms with Gasteiger partial charge in [-0.05, 0) is 110 Å². The van der Waals surface area contributed by atoms with E-state index < -0.39 is 17.7 Å². The predicted molar refractivity (Wildman–Crippen MR) is 125 cm³/mol. The zero-order valence-corrected chi connectivity index (χ0v) is 19.9. The second-order valence-electron chi connectivity index (χ2n) is 12.4. The van der Waals surface area contributed by atoms with Gasteiger partial charge in [-0.3, -0.25) is 4.99 Å². The van der Waals surface area contributed by atoms with E-state index in [-0.39, 0.29) is 17.3 Å². The van der Waals surface area contributed by atoms with Gasteiger partial charge in [0, 0.05) is 0 Å². The Morgan fingerprint density at radius 2 is 1.67 bits per heavy atom. The average Bonchev–Trinajstić information content (AvgIpc) is 3.12. The molecular formula is C28H38FNO3. The fourth-order valence-corrected chi connectivity index (χ4v) is 9.48. The van der Waals surface area contributed by atoms with Crippen molar-refractivity contribution in [3.8, 4) is 0 Å². The molecule has 0 saturated heterocycles. The first-order chi connectivity index (χ1) is 15.7. The predicted octanol–water partition coefficient (Wildman–Crippen LogP) is 4.82. The largest absolute Gasteiger partial charge is 0.393 e. The monoisotopic (exact) mass is 455 g/mol. The van der Waals surface area contributed by atoms with Gasteiger partial charge in [0.05, 0.1) is 17.4 Å². The molecule has 1 aromatic rings. The van der Waals surface area contributed by atoms with Gasteiger partial charge in [0.15, 0.2) is 0 Å². The van der Waals surface area contributed by atoms with Gasteiger partial charge >= 0.3 is 0 Å². The van der Waals surface area contributed by atoms with E-state index in [4.69, 9.17) is 4.99 Å². The number of aliphatic hydroxyl groups excluding tert-OH is 3. The molecule has 3 N–H and O–H groups in total. The van der Waals surface area contributed by atoms with E-state index in [0.717, 1.165) is 38.5 Å². The number of nitrogens with zero attached hydrogens (tertiary/aromatic N) is 1. The van der Waals surface area contributed by atoms with Gasteiger partial charge < -0.3 is 15.3 Å². The molecule has 0 radical (unpaired) electrons. The topological polar surface area (TPSA) is 73.1 Å². The fraction of sp³-hybridized carbons (Fsp3) is 0.750. The first kappa shape index (κ1) is 22.2. The normalized spacial score (nSPS) is 49.5. The summed E-state index contributed by atoms with van der Waals surface area (Å²) in [7, 11) is 0. The van der Waals surface area contributed by atoms with Crippen LogP contribution >= 0.6 is 0 Å². The number of aliphatic hydroxyl groups is 3. The molecule has 4 saturated carbocycles. The summed E-state index contributed by atoms with van der Waals surface area (Å²) in [6.07, 6.45) is 7.91. The van der Waals surface area contributed by atoms with E-state index in [2.05, 4.69) is 13.8 Å². The maximum absolute atomic E-state index is 13.3. The van der Waals surface area contributed by atoms with Crippen LogP contribution in [0.1, 0.15) is 83.3 Å². The Balaban J connectivity index is 1.27. The van der Waals surface area contributed by atoms with E-state index in [1.807, 2.05) is 0 Å². The molecule has 5 heteroatoms. The van der Waals surface area contributed by atoms with E-state index in [1.54, 1.807) is 12.1 Å². The van der Waals surface area contributed by atoms with Crippen LogP contribution in [0, 0.1) is 40.3 Å². The average molecular weight is 456 g/mol. The van der Waals surface area contributed by atoms with Crippen molar-refractivity contribution in [2.45, 2.75) is 95.5 Å². The number of rotatable bonds is 2. The Hall–Kier alpha value is -1.30. The van der Waals surface area contributed by atoms with Gasteiger partial charge in [-0.1, -0.05) is 26.0 Å². The summed E-state index contributed by atoms with van der Waals surface area (Å²) in [6.45, 7) is 4.86. The van der Waals surface area contributed by atoms with Gasteiger partial charge in [-0.2, -0.15) is 0 Å². The molecular weight excluding hydrogens is 417 g/mol. The molecule has 1 aliphatic heterocycles. The maximum Gasteiger partial charge on any atom is 0.123 e. The van der Waals surface area contributed by atoms with Gasteiger partial charge in [-0.25, -0.2) is 4.39 Å². The van der Waals surface area contributed by atoms with Crippen LogP contribution in [0.25, 0.3) is 0 Å². The summed E-state index contributed by atoms with van der Waals surface area (Å²) in [6, 6.07) is 5.83. The van der Waals surface area contributed by atoms with Crippen LogP contribution in [0.3, 0.4) is 0 Å². The number of benzene rings is 1. The summed E-state index contributed by atoms with van der Waals surface area (Å²) in [5.74, 6) is 2.25. The van der Waals surface area contributed by atoms with Crippen LogP contribution in [0.5, 0.6) is 0 Å². The van der Waals surface area contributed by atoms with E-state index in [0.29, 0.717) is 40.4 Å².